The summed E-state index contributed by atoms with van der Waals surface area (Å²) in [4.78, 5) is 17.7. The third kappa shape index (κ3) is 12.4. The van der Waals surface area contributed by atoms with Crippen LogP contribution >= 0.6 is 0 Å². The molecule has 10 aromatic carbocycles. The van der Waals surface area contributed by atoms with Gasteiger partial charge in [-0.25, -0.2) is 4.98 Å². The van der Waals surface area contributed by atoms with Gasteiger partial charge in [0.25, 0.3) is 0 Å². The van der Waals surface area contributed by atoms with Crippen molar-refractivity contribution in [3.05, 3.63) is 351 Å². The molecule has 0 aliphatic carbocycles. The third-order valence-corrected chi connectivity index (χ3v) is 17.6. The molecule has 0 radical (unpaired) electrons. The van der Waals surface area contributed by atoms with Gasteiger partial charge in [0, 0.05) is 55.8 Å². The molecule has 6 heteroatoms. The van der Waals surface area contributed by atoms with Gasteiger partial charge in [0.05, 0.1) is 0 Å². The molecule has 0 aliphatic rings. The largest absolute Gasteiger partial charge is 0.358 e. The summed E-state index contributed by atoms with van der Waals surface area (Å²) >= 11 is 0. The molecule has 11 aromatic rings. The first-order valence-electron chi connectivity index (χ1n) is 30.0. The SMILES string of the molecule is [C-]#[N+]c1nc(/C=C/c2ccc(N(c3cccc(C(C)(C)c4ccccc4)c3)c3cccc(C(C)(C)c4ccccc4)c3)cc2)c(/C=C/c2ccc(N(c3cccc(C(C)(C)c4ccccc4)c3)c3cccc(C(C)(C)c4ccccc4)c3)cc2)nc1C#N. The van der Waals surface area contributed by atoms with Crippen LogP contribution in [0.3, 0.4) is 0 Å². The average Bonchev–Trinajstić information content (AvgIpc) is 2.21. The molecule has 11 rings (SSSR count). The highest BCUT2D eigenvalue weighted by molar-refractivity contribution is 5.83. The molecule has 0 amide bonds. The molecule has 0 atom stereocenters. The first-order valence-corrected chi connectivity index (χ1v) is 30.0. The van der Waals surface area contributed by atoms with Crippen LogP contribution in [0.15, 0.2) is 267 Å². The van der Waals surface area contributed by atoms with Crippen molar-refractivity contribution < 1.29 is 0 Å². The molecule has 430 valence electrons. The molecule has 1 heterocycles. The second kappa shape index (κ2) is 25.1. The first kappa shape index (κ1) is 59.1. The monoisotopic (exact) mass is 1140 g/mol. The van der Waals surface area contributed by atoms with Crippen LogP contribution in [0, 0.1) is 17.9 Å². The molecular weight excluding hydrogens is 1070 g/mol. The maximum atomic E-state index is 10.2. The molecular formula is C82H72N6. The number of anilines is 6. The predicted octanol–water partition coefficient (Wildman–Crippen LogP) is 21.5. The minimum absolute atomic E-state index is 0.0231. The molecule has 0 saturated carbocycles. The van der Waals surface area contributed by atoms with Crippen molar-refractivity contribution in [3.8, 4) is 6.07 Å². The summed E-state index contributed by atoms with van der Waals surface area (Å²) in [7, 11) is 0. The number of hydrogen-bond acceptors (Lipinski definition) is 5. The second-order valence-corrected chi connectivity index (χ2v) is 24.6. The lowest BCUT2D eigenvalue weighted by molar-refractivity contribution is 0.640. The third-order valence-electron chi connectivity index (χ3n) is 17.6. The standard InChI is InChI=1S/C82H72N6/c1-79(2,61-26-14-10-15-27-61)65-34-22-38-71(54-65)87(72-39-23-35-66(55-72)80(3,4)62-28-16-11-17-29-62)69-48-42-59(43-49-69)46-52-75-76(86-78(84-9)77(58-83)85-75)53-47-60-44-50-70(51-45-60)88(73-40-24-36-67(56-73)81(5,6)63-30-18-12-19-31-63)74-41-25-37-68(57-74)82(7,8)64-32-20-13-21-33-64/h10-57H,1-8H3/b52-46+,53-47+. The van der Waals surface area contributed by atoms with E-state index in [0.717, 1.165) is 45.3 Å². The van der Waals surface area contributed by atoms with E-state index in [1.807, 2.05) is 24.3 Å². The molecule has 0 bridgehead atoms. The van der Waals surface area contributed by atoms with Crippen LogP contribution in [-0.4, -0.2) is 9.97 Å². The number of nitriles is 1. The number of nitrogens with zero attached hydrogens (tertiary/aromatic N) is 6. The van der Waals surface area contributed by atoms with Crippen LogP contribution < -0.4 is 9.80 Å². The normalized spacial score (nSPS) is 12.0. The van der Waals surface area contributed by atoms with Crippen LogP contribution in [0.25, 0.3) is 29.1 Å². The van der Waals surface area contributed by atoms with Gasteiger partial charge in [-0.3, -0.25) is 0 Å². The summed E-state index contributed by atoms with van der Waals surface area (Å²) in [6, 6.07) is 97.3. The number of rotatable bonds is 18. The average molecular weight is 1140 g/mol. The smallest absolute Gasteiger partial charge is 0.307 e. The Kier molecular flexibility index (Phi) is 16.9. The van der Waals surface area contributed by atoms with Crippen LogP contribution in [0.5, 0.6) is 0 Å². The minimum Gasteiger partial charge on any atom is -0.358 e. The van der Waals surface area contributed by atoms with Crippen molar-refractivity contribution in [2.45, 2.75) is 77.0 Å². The van der Waals surface area contributed by atoms with Crippen molar-refractivity contribution in [1.29, 1.82) is 5.26 Å². The molecule has 0 aliphatic heterocycles. The van der Waals surface area contributed by atoms with Gasteiger partial charge in [-0.15, -0.1) is 4.98 Å². The fourth-order valence-electron chi connectivity index (χ4n) is 11.8. The summed E-state index contributed by atoms with van der Waals surface area (Å²) in [5.74, 6) is -0.0440. The number of benzene rings is 10. The molecule has 0 fully saturated rings. The first-order chi connectivity index (χ1) is 42.5. The van der Waals surface area contributed by atoms with E-state index in [0.29, 0.717) is 11.4 Å². The van der Waals surface area contributed by atoms with E-state index in [1.165, 1.54) is 44.5 Å². The maximum absolute atomic E-state index is 10.2. The zero-order valence-electron chi connectivity index (χ0n) is 51.4. The quantitative estimate of drug-likeness (QED) is 0.0801. The fourth-order valence-corrected chi connectivity index (χ4v) is 11.8. The van der Waals surface area contributed by atoms with Gasteiger partial charge in [0.2, 0.25) is 0 Å². The van der Waals surface area contributed by atoms with Crippen LogP contribution in [0.2, 0.25) is 0 Å². The summed E-state index contributed by atoms with van der Waals surface area (Å²) in [5, 5.41) is 10.2. The molecule has 0 unspecified atom stereocenters. The highest BCUT2D eigenvalue weighted by Gasteiger charge is 2.29. The van der Waals surface area contributed by atoms with E-state index >= 15 is 0 Å². The second-order valence-electron chi connectivity index (χ2n) is 24.6. The van der Waals surface area contributed by atoms with Crippen LogP contribution in [0.4, 0.5) is 39.9 Å². The van der Waals surface area contributed by atoms with E-state index < -0.39 is 0 Å². The fraction of sp³-hybridized carbons (Fsp3) is 0.146. The number of hydrogen-bond donors (Lipinski definition) is 0. The van der Waals surface area contributed by atoms with Gasteiger partial charge in [0.1, 0.15) is 11.8 Å². The summed E-state index contributed by atoms with van der Waals surface area (Å²) in [5.41, 5.74) is 17.8. The zero-order chi connectivity index (χ0) is 61.5. The molecule has 0 spiro atoms. The lowest BCUT2D eigenvalue weighted by Crippen LogP contribution is -2.21. The lowest BCUT2D eigenvalue weighted by Gasteiger charge is -2.32. The van der Waals surface area contributed by atoms with Crippen molar-refractivity contribution in [2.24, 2.45) is 0 Å². The van der Waals surface area contributed by atoms with Crippen LogP contribution in [-0.2, 0) is 21.7 Å². The molecule has 0 N–H and O–H groups in total. The van der Waals surface area contributed by atoms with Gasteiger partial charge in [-0.1, -0.05) is 268 Å². The Morgan fingerprint density at radius 3 is 0.875 bits per heavy atom. The van der Waals surface area contributed by atoms with E-state index in [2.05, 4.69) is 343 Å². The summed E-state index contributed by atoms with van der Waals surface area (Å²) < 4.78 is 0. The summed E-state index contributed by atoms with van der Waals surface area (Å²) in [6.45, 7) is 26.2. The Hall–Kier alpha value is -10.7. The molecule has 0 saturated heterocycles. The highest BCUT2D eigenvalue weighted by atomic mass is 15.1. The van der Waals surface area contributed by atoms with Crippen molar-refractivity contribution >= 4 is 64.2 Å². The van der Waals surface area contributed by atoms with Crippen molar-refractivity contribution in [1.82, 2.24) is 9.97 Å². The Bertz CT molecular complexity index is 3900. The van der Waals surface area contributed by atoms with E-state index in [4.69, 9.17) is 16.5 Å². The highest BCUT2D eigenvalue weighted by Crippen LogP contribution is 2.44. The molecule has 1 aromatic heterocycles. The van der Waals surface area contributed by atoms with Gasteiger partial charge in [-0.2, -0.15) is 5.26 Å². The molecule has 6 nitrogen and oxygen atoms in total. The Morgan fingerprint density at radius 1 is 0.330 bits per heavy atom. The summed E-state index contributed by atoms with van der Waals surface area (Å²) in [6.07, 6.45) is 7.71. The minimum atomic E-state index is -0.250. The van der Waals surface area contributed by atoms with E-state index in [9.17, 15) is 5.26 Å². The number of aromatic nitrogens is 2. The van der Waals surface area contributed by atoms with Gasteiger partial charge >= 0.3 is 5.82 Å². The maximum Gasteiger partial charge on any atom is 0.307 e. The Balaban J connectivity index is 0.917. The van der Waals surface area contributed by atoms with Gasteiger partial charge < -0.3 is 14.6 Å². The molecule has 88 heavy (non-hydrogen) atoms. The Morgan fingerprint density at radius 2 is 0.602 bits per heavy atom. The van der Waals surface area contributed by atoms with Gasteiger partial charge in [-0.05, 0) is 141 Å². The van der Waals surface area contributed by atoms with Gasteiger partial charge in [0.15, 0.2) is 11.4 Å². The zero-order valence-corrected chi connectivity index (χ0v) is 51.4. The van der Waals surface area contributed by atoms with Crippen molar-refractivity contribution in [3.63, 3.8) is 0 Å². The topological polar surface area (TPSA) is 60.4 Å². The van der Waals surface area contributed by atoms with Crippen LogP contribution in [0.1, 0.15) is 128 Å². The van der Waals surface area contributed by atoms with E-state index in [1.54, 1.807) is 0 Å². The lowest BCUT2D eigenvalue weighted by atomic mass is 9.77. The predicted molar refractivity (Wildman–Crippen MR) is 367 cm³/mol. The van der Waals surface area contributed by atoms with Crippen molar-refractivity contribution in [2.75, 3.05) is 9.80 Å². The Labute approximate surface area is 520 Å². The van der Waals surface area contributed by atoms with E-state index in [-0.39, 0.29) is 33.2 Å².